The Kier molecular flexibility index (Phi) is 6.84. The molecule has 5 aromatic rings. The number of aromatic nitrogens is 5. The number of carbonyl (C=O) groups is 1. The lowest BCUT2D eigenvalue weighted by Gasteiger charge is -2.21. The highest BCUT2D eigenvalue weighted by Gasteiger charge is 2.60. The van der Waals surface area contributed by atoms with Gasteiger partial charge in [0.2, 0.25) is 0 Å². The highest BCUT2D eigenvalue weighted by atomic mass is 19.4. The predicted octanol–water partition coefficient (Wildman–Crippen LogP) is 6.61. The number of hydrogen-bond donors (Lipinski definition) is 1. The molecule has 0 aliphatic heterocycles. The summed E-state index contributed by atoms with van der Waals surface area (Å²) in [6, 6.07) is 13.6. The molecule has 0 unspecified atom stereocenters. The van der Waals surface area contributed by atoms with Gasteiger partial charge in [-0.2, -0.15) is 32.1 Å². The normalized spacial score (nSPS) is 12.2. The van der Waals surface area contributed by atoms with Gasteiger partial charge >= 0.3 is 12.1 Å². The van der Waals surface area contributed by atoms with E-state index in [9.17, 15) is 31.1 Å². The van der Waals surface area contributed by atoms with Gasteiger partial charge in [-0.3, -0.25) is 9.48 Å². The molecule has 13 heteroatoms. The summed E-state index contributed by atoms with van der Waals surface area (Å²) in [6.07, 6.45) is -5.96. The van der Waals surface area contributed by atoms with Crippen LogP contribution in [0.25, 0.3) is 16.9 Å². The van der Waals surface area contributed by atoms with Crippen LogP contribution in [-0.4, -0.2) is 36.5 Å². The number of anilines is 1. The second-order valence-corrected chi connectivity index (χ2v) is 9.49. The molecule has 5 rings (SSSR count). The van der Waals surface area contributed by atoms with E-state index in [1.54, 1.807) is 18.5 Å². The third-order valence-corrected chi connectivity index (χ3v) is 6.68. The van der Waals surface area contributed by atoms with E-state index < -0.39 is 40.9 Å². The van der Waals surface area contributed by atoms with Gasteiger partial charge < -0.3 is 5.32 Å². The van der Waals surface area contributed by atoms with Crippen molar-refractivity contribution in [2.45, 2.75) is 39.4 Å². The molecule has 2 aromatic carbocycles. The van der Waals surface area contributed by atoms with Crippen molar-refractivity contribution < 1.29 is 31.1 Å². The molecule has 0 radical (unpaired) electrons. The maximum atomic E-state index is 14.6. The Balaban J connectivity index is 1.53. The van der Waals surface area contributed by atoms with Crippen LogP contribution < -0.4 is 5.32 Å². The van der Waals surface area contributed by atoms with Crippen molar-refractivity contribution in [2.75, 3.05) is 5.32 Å². The lowest BCUT2D eigenvalue weighted by molar-refractivity contribution is -0.291. The average Bonchev–Trinajstić information content (AvgIpc) is 3.45. The Morgan fingerprint density at radius 2 is 1.61 bits per heavy atom. The molecule has 0 aliphatic carbocycles. The molecule has 3 aromatic heterocycles. The van der Waals surface area contributed by atoms with Crippen LogP contribution in [0.15, 0.2) is 60.7 Å². The number of rotatable bonds is 6. The monoisotopic (exact) mass is 572 g/mol. The van der Waals surface area contributed by atoms with E-state index >= 15 is 0 Å². The van der Waals surface area contributed by atoms with Crippen LogP contribution in [0.1, 0.15) is 38.7 Å². The van der Waals surface area contributed by atoms with Crippen LogP contribution in [0.5, 0.6) is 0 Å². The number of nitrogens with one attached hydrogen (secondary N) is 1. The minimum atomic E-state index is -5.96. The molecule has 1 N–H and O–H groups in total. The maximum absolute atomic E-state index is 14.6. The topological polar surface area (TPSA) is 77.1 Å². The third kappa shape index (κ3) is 5.14. The largest absolute Gasteiger partial charge is 0.459 e. The molecule has 0 bridgehead atoms. The molecular formula is C28H22F6N6O. The predicted molar refractivity (Wildman–Crippen MR) is 138 cm³/mol. The summed E-state index contributed by atoms with van der Waals surface area (Å²) in [5.74, 6) is -6.83. The summed E-state index contributed by atoms with van der Waals surface area (Å²) in [5, 5.41) is 10.9. The first kappa shape index (κ1) is 27.9. The minimum Gasteiger partial charge on any atom is -0.317 e. The van der Waals surface area contributed by atoms with Crippen LogP contribution >= 0.6 is 0 Å². The van der Waals surface area contributed by atoms with Crippen LogP contribution in [-0.2, 0) is 12.5 Å². The lowest BCUT2D eigenvalue weighted by atomic mass is 10.1. The molecular weight excluding hydrogens is 550 g/mol. The van der Waals surface area contributed by atoms with Crippen LogP contribution in [0.2, 0.25) is 0 Å². The number of aryl methyl sites for hydroxylation is 2. The number of hydrogen-bond acceptors (Lipinski definition) is 4. The van der Waals surface area contributed by atoms with Gasteiger partial charge in [0.15, 0.2) is 11.3 Å². The van der Waals surface area contributed by atoms with Crippen LogP contribution in [0, 0.1) is 26.6 Å². The molecule has 0 atom stereocenters. The Bertz CT molecular complexity index is 1770. The Hall–Kier alpha value is -4.68. The van der Waals surface area contributed by atoms with Crippen molar-refractivity contribution in [1.82, 2.24) is 24.4 Å². The molecule has 3 heterocycles. The molecule has 0 saturated heterocycles. The SMILES string of the molecule is Cc1ccccc1Cn1nc(C)c(NC(=O)c2cc3nc(-c4ccc(F)cc4)cc(C(F)(F)C(F)(F)F)n3n2)c1C. The maximum Gasteiger partial charge on any atom is 0.459 e. The zero-order valence-corrected chi connectivity index (χ0v) is 21.9. The van der Waals surface area contributed by atoms with Crippen LogP contribution in [0.3, 0.4) is 0 Å². The Morgan fingerprint density at radius 3 is 2.27 bits per heavy atom. The average molecular weight is 573 g/mol. The third-order valence-electron chi connectivity index (χ3n) is 6.68. The highest BCUT2D eigenvalue weighted by Crippen LogP contribution is 2.44. The van der Waals surface area contributed by atoms with E-state index in [1.807, 2.05) is 31.2 Å². The standard InChI is InChI=1S/C28H22F6N6O/c1-15-6-4-5-7-19(15)14-39-17(3)25(16(2)37-39)36-26(41)22-13-24-35-21(18-8-10-20(29)11-9-18)12-23(40(24)38-22)27(30,31)28(32,33)34/h4-13H,14H2,1-3H3,(H,36,41). The molecule has 0 saturated carbocycles. The van der Waals surface area contributed by atoms with Gasteiger partial charge in [-0.1, -0.05) is 24.3 Å². The summed E-state index contributed by atoms with van der Waals surface area (Å²) < 4.78 is 84.9. The van der Waals surface area contributed by atoms with Crippen molar-refractivity contribution in [3.63, 3.8) is 0 Å². The second kappa shape index (κ2) is 10.1. The summed E-state index contributed by atoms with van der Waals surface area (Å²) >= 11 is 0. The van der Waals surface area contributed by atoms with Gasteiger partial charge in [0, 0.05) is 11.6 Å². The van der Waals surface area contributed by atoms with Crippen molar-refractivity contribution in [2.24, 2.45) is 0 Å². The minimum absolute atomic E-state index is 0.0904. The summed E-state index contributed by atoms with van der Waals surface area (Å²) in [5.41, 5.74) is 0.858. The zero-order valence-electron chi connectivity index (χ0n) is 21.9. The fourth-order valence-corrected chi connectivity index (χ4v) is 4.38. The number of fused-ring (bicyclic) bond motifs is 1. The zero-order chi connectivity index (χ0) is 29.7. The first-order chi connectivity index (χ1) is 19.3. The summed E-state index contributed by atoms with van der Waals surface area (Å²) in [6.45, 7) is 5.78. The van der Waals surface area contributed by atoms with Crippen molar-refractivity contribution in [3.8, 4) is 11.3 Å². The Morgan fingerprint density at radius 1 is 0.927 bits per heavy atom. The number of benzene rings is 2. The number of halogens is 6. The molecule has 0 fully saturated rings. The summed E-state index contributed by atoms with van der Waals surface area (Å²) in [7, 11) is 0. The second-order valence-electron chi connectivity index (χ2n) is 9.49. The first-order valence-corrected chi connectivity index (χ1v) is 12.3. The van der Waals surface area contributed by atoms with E-state index in [0.717, 1.165) is 29.3 Å². The molecule has 0 aliphatic rings. The van der Waals surface area contributed by atoms with Crippen LogP contribution in [0.4, 0.5) is 32.0 Å². The molecule has 0 spiro atoms. The van der Waals surface area contributed by atoms with Crippen molar-refractivity contribution >= 4 is 17.2 Å². The van der Waals surface area contributed by atoms with Gasteiger partial charge in [0.1, 0.15) is 11.5 Å². The van der Waals surface area contributed by atoms with E-state index in [1.165, 1.54) is 12.1 Å². The van der Waals surface area contributed by atoms with E-state index in [-0.39, 0.29) is 15.8 Å². The van der Waals surface area contributed by atoms with Gasteiger partial charge in [0.05, 0.1) is 29.3 Å². The van der Waals surface area contributed by atoms with Gasteiger partial charge in [-0.05, 0) is 62.2 Å². The van der Waals surface area contributed by atoms with Gasteiger partial charge in [-0.15, -0.1) is 0 Å². The number of nitrogens with zero attached hydrogens (tertiary/aromatic N) is 5. The quantitative estimate of drug-likeness (QED) is 0.232. The number of carbonyl (C=O) groups excluding carboxylic acids is 1. The Labute approximate surface area is 229 Å². The van der Waals surface area contributed by atoms with E-state index in [2.05, 4.69) is 20.5 Å². The fourth-order valence-electron chi connectivity index (χ4n) is 4.38. The number of alkyl halides is 5. The van der Waals surface area contributed by atoms with Gasteiger partial charge in [0.25, 0.3) is 5.91 Å². The first-order valence-electron chi connectivity index (χ1n) is 12.3. The molecule has 1 amide bonds. The molecule has 7 nitrogen and oxygen atoms in total. The van der Waals surface area contributed by atoms with Crippen molar-refractivity contribution in [3.05, 3.63) is 100 Å². The fraction of sp³-hybridized carbons (Fsp3) is 0.214. The highest BCUT2D eigenvalue weighted by molar-refractivity contribution is 6.04. The smallest absolute Gasteiger partial charge is 0.317 e. The van der Waals surface area contributed by atoms with Crippen molar-refractivity contribution in [1.29, 1.82) is 0 Å². The molecule has 41 heavy (non-hydrogen) atoms. The van der Waals surface area contributed by atoms with E-state index in [4.69, 9.17) is 0 Å². The lowest BCUT2D eigenvalue weighted by Crippen LogP contribution is -2.36. The number of amides is 1. The summed E-state index contributed by atoms with van der Waals surface area (Å²) in [4.78, 5) is 17.3. The van der Waals surface area contributed by atoms with Gasteiger partial charge in [-0.25, -0.2) is 13.9 Å². The molecule has 212 valence electrons. The van der Waals surface area contributed by atoms with E-state index in [0.29, 0.717) is 29.7 Å².